The summed E-state index contributed by atoms with van der Waals surface area (Å²) in [5.41, 5.74) is 0.543. The molecule has 0 N–H and O–H groups in total. The molecule has 0 aliphatic rings. The molecule has 1 atom stereocenters. The highest BCUT2D eigenvalue weighted by Crippen LogP contribution is 2.21. The summed E-state index contributed by atoms with van der Waals surface area (Å²) in [5, 5.41) is 0.225. The molecule has 0 bridgehead atoms. The standard InChI is InChI=1S/C17H15Cl2NO4/c1-3-23-13-6-4-11(5-7-13)15(21)10(2)24-17(22)12-8-14(18)16(19)20-9-12/h4-10H,3H2,1-2H3/t10-/m0/s1. The third-order valence-electron chi connectivity index (χ3n) is 3.13. The molecule has 7 heteroatoms. The fourth-order valence-corrected chi connectivity index (χ4v) is 2.20. The summed E-state index contributed by atoms with van der Waals surface area (Å²) in [5.74, 6) is -0.354. The van der Waals surface area contributed by atoms with Crippen LogP contribution in [0.2, 0.25) is 10.2 Å². The van der Waals surface area contributed by atoms with Crippen molar-refractivity contribution < 1.29 is 19.1 Å². The first-order valence-electron chi connectivity index (χ1n) is 7.21. The number of carbonyl (C=O) groups is 2. The Morgan fingerprint density at radius 1 is 1.17 bits per heavy atom. The highest BCUT2D eigenvalue weighted by Gasteiger charge is 2.21. The normalized spacial score (nSPS) is 11.7. The zero-order valence-electron chi connectivity index (χ0n) is 13.1. The van der Waals surface area contributed by atoms with Gasteiger partial charge in [0.1, 0.15) is 10.9 Å². The lowest BCUT2D eigenvalue weighted by Crippen LogP contribution is -2.24. The Morgan fingerprint density at radius 3 is 2.42 bits per heavy atom. The van der Waals surface area contributed by atoms with Crippen LogP contribution in [0.3, 0.4) is 0 Å². The topological polar surface area (TPSA) is 65.5 Å². The summed E-state index contributed by atoms with van der Waals surface area (Å²) in [4.78, 5) is 28.1. The Balaban J connectivity index is 2.04. The first-order valence-corrected chi connectivity index (χ1v) is 7.97. The van der Waals surface area contributed by atoms with E-state index in [9.17, 15) is 9.59 Å². The van der Waals surface area contributed by atoms with Gasteiger partial charge in [-0.25, -0.2) is 9.78 Å². The Kier molecular flexibility index (Phi) is 6.17. The number of halogens is 2. The van der Waals surface area contributed by atoms with Crippen molar-refractivity contribution >= 4 is 35.0 Å². The average Bonchev–Trinajstić information content (AvgIpc) is 2.57. The van der Waals surface area contributed by atoms with Gasteiger partial charge in [-0.2, -0.15) is 0 Å². The molecule has 1 aromatic carbocycles. The SMILES string of the molecule is CCOc1ccc(C(=O)[C@H](C)OC(=O)c2cnc(Cl)c(Cl)c2)cc1. The summed E-state index contributed by atoms with van der Waals surface area (Å²) in [7, 11) is 0. The molecule has 5 nitrogen and oxygen atoms in total. The van der Waals surface area contributed by atoms with Crippen LogP contribution in [0.1, 0.15) is 34.6 Å². The molecule has 0 spiro atoms. The minimum absolute atomic E-state index is 0.0896. The predicted molar refractivity (Wildman–Crippen MR) is 91.1 cm³/mol. The van der Waals surface area contributed by atoms with Crippen LogP contribution in [0.4, 0.5) is 0 Å². The molecular weight excluding hydrogens is 353 g/mol. The van der Waals surface area contributed by atoms with Crippen LogP contribution in [0.15, 0.2) is 36.5 Å². The maximum atomic E-state index is 12.3. The monoisotopic (exact) mass is 367 g/mol. The number of pyridine rings is 1. The molecule has 0 saturated carbocycles. The molecule has 0 radical (unpaired) electrons. The van der Waals surface area contributed by atoms with Gasteiger partial charge in [-0.15, -0.1) is 0 Å². The number of esters is 1. The van der Waals surface area contributed by atoms with Gasteiger partial charge in [-0.05, 0) is 44.2 Å². The number of carbonyl (C=O) groups excluding carboxylic acids is 2. The second-order valence-electron chi connectivity index (χ2n) is 4.87. The van der Waals surface area contributed by atoms with Gasteiger partial charge in [0.15, 0.2) is 6.10 Å². The van der Waals surface area contributed by atoms with Crippen molar-refractivity contribution in [3.8, 4) is 5.75 Å². The number of hydrogen-bond acceptors (Lipinski definition) is 5. The van der Waals surface area contributed by atoms with Crippen molar-refractivity contribution in [1.82, 2.24) is 4.98 Å². The van der Waals surface area contributed by atoms with E-state index in [4.69, 9.17) is 32.7 Å². The smallest absolute Gasteiger partial charge is 0.340 e. The summed E-state index contributed by atoms with van der Waals surface area (Å²) >= 11 is 11.5. The van der Waals surface area contributed by atoms with Crippen molar-refractivity contribution in [3.63, 3.8) is 0 Å². The van der Waals surface area contributed by atoms with Crippen LogP contribution in [0, 0.1) is 0 Å². The Labute approximate surface area is 149 Å². The molecule has 2 aromatic rings. The largest absolute Gasteiger partial charge is 0.494 e. The first-order chi connectivity index (χ1) is 11.4. The minimum Gasteiger partial charge on any atom is -0.494 e. The van der Waals surface area contributed by atoms with Crippen LogP contribution in [-0.2, 0) is 4.74 Å². The zero-order chi connectivity index (χ0) is 17.7. The summed E-state index contributed by atoms with van der Waals surface area (Å²) in [6.45, 7) is 3.92. The zero-order valence-corrected chi connectivity index (χ0v) is 14.6. The maximum absolute atomic E-state index is 12.3. The van der Waals surface area contributed by atoms with Gasteiger partial charge in [-0.1, -0.05) is 23.2 Å². The molecule has 1 heterocycles. The van der Waals surface area contributed by atoms with E-state index in [1.54, 1.807) is 24.3 Å². The van der Waals surface area contributed by atoms with Gasteiger partial charge < -0.3 is 9.47 Å². The van der Waals surface area contributed by atoms with Gasteiger partial charge in [0.2, 0.25) is 5.78 Å². The molecule has 0 fully saturated rings. The number of nitrogens with zero attached hydrogens (tertiary/aromatic N) is 1. The van der Waals surface area contributed by atoms with E-state index in [1.165, 1.54) is 19.2 Å². The van der Waals surface area contributed by atoms with E-state index in [1.807, 2.05) is 6.92 Å². The van der Waals surface area contributed by atoms with Crippen LogP contribution < -0.4 is 4.74 Å². The Bertz CT molecular complexity index is 747. The van der Waals surface area contributed by atoms with Gasteiger partial charge in [0.25, 0.3) is 0 Å². The number of Topliss-reactive ketones (excluding diaryl/α,β-unsaturated/α-hetero) is 1. The van der Waals surface area contributed by atoms with Crippen LogP contribution in [-0.4, -0.2) is 29.4 Å². The summed E-state index contributed by atoms with van der Waals surface area (Å²) < 4.78 is 10.5. The Hall–Kier alpha value is -2.11. The van der Waals surface area contributed by atoms with Crippen LogP contribution in [0.5, 0.6) is 5.75 Å². The van der Waals surface area contributed by atoms with Gasteiger partial charge in [-0.3, -0.25) is 4.79 Å². The van der Waals surface area contributed by atoms with Crippen LogP contribution >= 0.6 is 23.2 Å². The van der Waals surface area contributed by atoms with Crippen molar-refractivity contribution in [2.75, 3.05) is 6.61 Å². The second-order valence-corrected chi connectivity index (χ2v) is 5.63. The third kappa shape index (κ3) is 4.46. The molecule has 2 rings (SSSR count). The van der Waals surface area contributed by atoms with Crippen LogP contribution in [0.25, 0.3) is 0 Å². The first kappa shape index (κ1) is 18.2. The fourth-order valence-electron chi connectivity index (χ4n) is 1.93. The second kappa shape index (κ2) is 8.13. The van der Waals surface area contributed by atoms with Crippen molar-refractivity contribution in [2.24, 2.45) is 0 Å². The predicted octanol–water partition coefficient (Wildman–Crippen LogP) is 4.22. The van der Waals surface area contributed by atoms with E-state index in [-0.39, 0.29) is 21.5 Å². The highest BCUT2D eigenvalue weighted by atomic mass is 35.5. The number of aromatic nitrogens is 1. The molecule has 0 aliphatic carbocycles. The number of ketones is 1. The molecular formula is C17H15Cl2NO4. The van der Waals surface area contributed by atoms with E-state index >= 15 is 0 Å². The molecule has 0 saturated heterocycles. The van der Waals surface area contributed by atoms with E-state index in [0.29, 0.717) is 17.9 Å². The average molecular weight is 368 g/mol. The van der Waals surface area contributed by atoms with Crippen molar-refractivity contribution in [2.45, 2.75) is 20.0 Å². The van der Waals surface area contributed by atoms with Crippen molar-refractivity contribution in [3.05, 3.63) is 57.8 Å². The molecule has 0 amide bonds. The van der Waals surface area contributed by atoms with E-state index in [0.717, 1.165) is 0 Å². The molecule has 24 heavy (non-hydrogen) atoms. The van der Waals surface area contributed by atoms with E-state index in [2.05, 4.69) is 4.98 Å². The molecule has 0 unspecified atom stereocenters. The number of rotatable bonds is 6. The summed E-state index contributed by atoms with van der Waals surface area (Å²) in [6.07, 6.45) is 0.287. The lowest BCUT2D eigenvalue weighted by Gasteiger charge is -2.13. The van der Waals surface area contributed by atoms with Gasteiger partial charge in [0.05, 0.1) is 17.2 Å². The minimum atomic E-state index is -0.954. The van der Waals surface area contributed by atoms with E-state index < -0.39 is 12.1 Å². The lowest BCUT2D eigenvalue weighted by molar-refractivity contribution is 0.0318. The maximum Gasteiger partial charge on any atom is 0.340 e. The molecule has 0 aliphatic heterocycles. The quantitative estimate of drug-likeness (QED) is 0.434. The van der Waals surface area contributed by atoms with Crippen molar-refractivity contribution in [1.29, 1.82) is 0 Å². The number of ether oxygens (including phenoxy) is 2. The van der Waals surface area contributed by atoms with Gasteiger partial charge in [0, 0.05) is 11.8 Å². The van der Waals surface area contributed by atoms with Gasteiger partial charge >= 0.3 is 5.97 Å². The third-order valence-corrected chi connectivity index (χ3v) is 3.82. The molecule has 1 aromatic heterocycles. The number of hydrogen-bond donors (Lipinski definition) is 0. The fraction of sp³-hybridized carbons (Fsp3) is 0.235. The lowest BCUT2D eigenvalue weighted by atomic mass is 10.1. The molecule has 126 valence electrons. The number of benzene rings is 1. The summed E-state index contributed by atoms with van der Waals surface area (Å²) in [6, 6.07) is 7.96. The highest BCUT2D eigenvalue weighted by molar-refractivity contribution is 6.41. The Morgan fingerprint density at radius 2 is 1.83 bits per heavy atom.